The van der Waals surface area contributed by atoms with Gasteiger partial charge >= 0.3 is 0 Å². The topological polar surface area (TPSA) is 92.4 Å². The highest BCUT2D eigenvalue weighted by Gasteiger charge is 2.23. The van der Waals surface area contributed by atoms with Crippen LogP contribution in [0, 0.1) is 5.92 Å². The highest BCUT2D eigenvalue weighted by Crippen LogP contribution is 2.29. The third-order valence-corrected chi connectivity index (χ3v) is 4.72. The van der Waals surface area contributed by atoms with Gasteiger partial charge < -0.3 is 16.2 Å². The Hall–Kier alpha value is -1.27. The van der Waals surface area contributed by atoms with Gasteiger partial charge in [-0.2, -0.15) is 0 Å². The summed E-state index contributed by atoms with van der Waals surface area (Å²) >= 11 is 0. The zero-order valence-electron chi connectivity index (χ0n) is 11.0. The molecule has 0 amide bonds. The van der Waals surface area contributed by atoms with Crippen molar-refractivity contribution in [2.75, 3.05) is 23.9 Å². The van der Waals surface area contributed by atoms with Gasteiger partial charge in [0.1, 0.15) is 0 Å². The van der Waals surface area contributed by atoms with Gasteiger partial charge in [0.25, 0.3) is 0 Å². The van der Waals surface area contributed by atoms with Gasteiger partial charge in [0, 0.05) is 12.8 Å². The van der Waals surface area contributed by atoms with Crippen molar-refractivity contribution < 1.29 is 13.5 Å². The zero-order valence-corrected chi connectivity index (χ0v) is 11.8. The number of rotatable bonds is 4. The van der Waals surface area contributed by atoms with Crippen LogP contribution in [0.25, 0.3) is 0 Å². The number of benzene rings is 1. The van der Waals surface area contributed by atoms with E-state index in [1.807, 2.05) is 0 Å². The number of anilines is 2. The van der Waals surface area contributed by atoms with Crippen molar-refractivity contribution in [3.63, 3.8) is 0 Å². The molecule has 0 bridgehead atoms. The molecule has 19 heavy (non-hydrogen) atoms. The molecule has 0 heterocycles. The summed E-state index contributed by atoms with van der Waals surface area (Å²) in [5.74, 6) is 0.413. The number of hydrogen-bond acceptors (Lipinski definition) is 5. The second-order valence-corrected chi connectivity index (χ2v) is 7.19. The third-order valence-electron chi connectivity index (χ3n) is 3.56. The lowest BCUT2D eigenvalue weighted by Gasteiger charge is -2.15. The van der Waals surface area contributed by atoms with E-state index in [2.05, 4.69) is 5.32 Å². The van der Waals surface area contributed by atoms with E-state index in [9.17, 15) is 13.5 Å². The van der Waals surface area contributed by atoms with Crippen molar-refractivity contribution in [3.05, 3.63) is 18.2 Å². The van der Waals surface area contributed by atoms with E-state index in [1.165, 1.54) is 6.07 Å². The molecule has 2 atom stereocenters. The van der Waals surface area contributed by atoms with Crippen molar-refractivity contribution >= 4 is 21.2 Å². The molecule has 1 fully saturated rings. The molecule has 1 saturated carbocycles. The quantitative estimate of drug-likeness (QED) is 0.724. The van der Waals surface area contributed by atoms with E-state index in [1.54, 1.807) is 12.1 Å². The van der Waals surface area contributed by atoms with Crippen molar-refractivity contribution in [2.24, 2.45) is 5.92 Å². The average Bonchev–Trinajstić information content (AvgIpc) is 2.72. The second kappa shape index (κ2) is 5.38. The van der Waals surface area contributed by atoms with Gasteiger partial charge in [0.05, 0.1) is 22.4 Å². The van der Waals surface area contributed by atoms with Gasteiger partial charge in [-0.1, -0.05) is 6.07 Å². The van der Waals surface area contributed by atoms with E-state index in [0.717, 1.165) is 25.5 Å². The molecule has 1 aromatic carbocycles. The van der Waals surface area contributed by atoms with Crippen molar-refractivity contribution in [1.29, 1.82) is 0 Å². The summed E-state index contributed by atoms with van der Waals surface area (Å²) in [6, 6.07) is 4.96. The van der Waals surface area contributed by atoms with Crippen LogP contribution in [0.4, 0.5) is 11.4 Å². The van der Waals surface area contributed by atoms with Gasteiger partial charge in [-0.25, -0.2) is 8.42 Å². The summed E-state index contributed by atoms with van der Waals surface area (Å²) in [6.45, 7) is 0.703. The first-order chi connectivity index (χ1) is 8.88. The minimum atomic E-state index is -3.31. The summed E-state index contributed by atoms with van der Waals surface area (Å²) in [6.07, 6.45) is 3.56. The van der Waals surface area contributed by atoms with Crippen LogP contribution < -0.4 is 11.1 Å². The molecular weight excluding hydrogens is 264 g/mol. The van der Waals surface area contributed by atoms with Gasteiger partial charge in [-0.15, -0.1) is 0 Å². The first kappa shape index (κ1) is 14.1. The summed E-state index contributed by atoms with van der Waals surface area (Å²) in [7, 11) is -3.31. The molecule has 1 aromatic rings. The Morgan fingerprint density at radius 3 is 2.74 bits per heavy atom. The molecule has 4 N–H and O–H groups in total. The third kappa shape index (κ3) is 3.39. The molecule has 0 radical (unpaired) electrons. The minimum Gasteiger partial charge on any atom is -0.396 e. The molecule has 106 valence electrons. The fourth-order valence-electron chi connectivity index (χ4n) is 2.51. The first-order valence-corrected chi connectivity index (χ1v) is 8.27. The van der Waals surface area contributed by atoms with Crippen LogP contribution in [0.1, 0.15) is 19.3 Å². The lowest BCUT2D eigenvalue weighted by Crippen LogP contribution is -2.14. The van der Waals surface area contributed by atoms with Crippen LogP contribution in [0.15, 0.2) is 23.1 Å². The highest BCUT2D eigenvalue weighted by atomic mass is 32.2. The van der Waals surface area contributed by atoms with Crippen molar-refractivity contribution in [2.45, 2.75) is 30.3 Å². The first-order valence-electron chi connectivity index (χ1n) is 6.38. The number of para-hydroxylation sites is 1. The molecular formula is C13H20N2O3S. The Morgan fingerprint density at radius 1 is 1.42 bits per heavy atom. The minimum absolute atomic E-state index is 0.156. The molecule has 0 aromatic heterocycles. The van der Waals surface area contributed by atoms with Crippen LogP contribution in [-0.4, -0.2) is 32.4 Å². The van der Waals surface area contributed by atoms with Crippen LogP contribution in [-0.2, 0) is 9.84 Å². The molecule has 1 aliphatic carbocycles. The van der Waals surface area contributed by atoms with E-state index >= 15 is 0 Å². The molecule has 1 aliphatic rings. The fraction of sp³-hybridized carbons (Fsp3) is 0.538. The van der Waals surface area contributed by atoms with Crippen LogP contribution in [0.3, 0.4) is 0 Å². The van der Waals surface area contributed by atoms with Gasteiger partial charge in [0.15, 0.2) is 9.84 Å². The van der Waals surface area contributed by atoms with Gasteiger partial charge in [-0.05, 0) is 37.3 Å². The molecule has 0 spiro atoms. The van der Waals surface area contributed by atoms with Crippen LogP contribution >= 0.6 is 0 Å². The number of nitrogens with two attached hydrogens (primary N) is 1. The molecule has 2 unspecified atom stereocenters. The molecule has 2 rings (SSSR count). The van der Waals surface area contributed by atoms with E-state index in [-0.39, 0.29) is 16.7 Å². The second-order valence-electron chi connectivity index (χ2n) is 5.20. The standard InChI is InChI=1S/C13H20N2O3S/c1-19(17,18)12-4-2-3-11(13(12)14)15-8-9-5-6-10(16)7-9/h2-4,9-10,15-16H,5-8,14H2,1H3. The molecule has 5 nitrogen and oxygen atoms in total. The number of aliphatic hydroxyl groups is 1. The monoisotopic (exact) mass is 284 g/mol. The van der Waals surface area contributed by atoms with Gasteiger partial charge in [0.2, 0.25) is 0 Å². The predicted molar refractivity (Wildman–Crippen MR) is 75.8 cm³/mol. The lowest BCUT2D eigenvalue weighted by molar-refractivity contribution is 0.178. The van der Waals surface area contributed by atoms with Crippen LogP contribution in [0.5, 0.6) is 0 Å². The van der Waals surface area contributed by atoms with Crippen molar-refractivity contribution in [1.82, 2.24) is 0 Å². The zero-order chi connectivity index (χ0) is 14.0. The van der Waals surface area contributed by atoms with E-state index < -0.39 is 9.84 Å². The maximum absolute atomic E-state index is 11.6. The van der Waals surface area contributed by atoms with Gasteiger partial charge in [-0.3, -0.25) is 0 Å². The maximum atomic E-state index is 11.6. The Labute approximate surface area is 113 Å². The molecule has 0 saturated heterocycles. The van der Waals surface area contributed by atoms with E-state index in [4.69, 9.17) is 5.73 Å². The number of nitrogens with one attached hydrogen (secondary N) is 1. The van der Waals surface area contributed by atoms with Crippen LogP contribution in [0.2, 0.25) is 0 Å². The summed E-state index contributed by atoms with van der Waals surface area (Å²) in [5, 5.41) is 12.7. The summed E-state index contributed by atoms with van der Waals surface area (Å²) in [5.41, 5.74) is 6.80. The fourth-order valence-corrected chi connectivity index (χ4v) is 3.34. The predicted octanol–water partition coefficient (Wildman–Crippen LogP) is 1.25. The Kier molecular flexibility index (Phi) is 4.01. The molecule has 6 heteroatoms. The smallest absolute Gasteiger partial charge is 0.177 e. The van der Waals surface area contributed by atoms with Crippen molar-refractivity contribution in [3.8, 4) is 0 Å². The number of aliphatic hydroxyl groups excluding tert-OH is 1. The van der Waals surface area contributed by atoms with E-state index in [0.29, 0.717) is 18.2 Å². The largest absolute Gasteiger partial charge is 0.396 e. The number of sulfone groups is 1. The summed E-state index contributed by atoms with van der Waals surface area (Å²) < 4.78 is 23.1. The Bertz CT molecular complexity index is 557. The Morgan fingerprint density at radius 2 is 2.16 bits per heavy atom. The number of hydrogen-bond donors (Lipinski definition) is 3. The lowest BCUT2D eigenvalue weighted by atomic mass is 10.1. The highest BCUT2D eigenvalue weighted by molar-refractivity contribution is 7.90. The SMILES string of the molecule is CS(=O)(=O)c1cccc(NCC2CCC(O)C2)c1N. The Balaban J connectivity index is 2.09. The maximum Gasteiger partial charge on any atom is 0.177 e. The normalized spacial score (nSPS) is 23.5. The summed E-state index contributed by atoms with van der Waals surface area (Å²) in [4.78, 5) is 0.156. The number of nitrogen functional groups attached to an aromatic ring is 1. The average molecular weight is 284 g/mol. The molecule has 0 aliphatic heterocycles.